The molecule has 1 fully saturated rings. The summed E-state index contributed by atoms with van der Waals surface area (Å²) >= 11 is 0. The molecule has 1 amide bonds. The van der Waals surface area contributed by atoms with Crippen LogP contribution in [-0.4, -0.2) is 49.4 Å². The van der Waals surface area contributed by atoms with Gasteiger partial charge in [0, 0.05) is 11.7 Å². The summed E-state index contributed by atoms with van der Waals surface area (Å²) < 4.78 is 23.2. The Hall–Kier alpha value is -1.40. The average molecular weight is 338 g/mol. The molecule has 23 heavy (non-hydrogen) atoms. The van der Waals surface area contributed by atoms with Crippen LogP contribution in [0.1, 0.15) is 33.1 Å². The molecule has 0 saturated carbocycles. The van der Waals surface area contributed by atoms with Crippen LogP contribution in [0.15, 0.2) is 30.3 Å². The van der Waals surface area contributed by atoms with Gasteiger partial charge in [0.25, 0.3) is 0 Å². The molecule has 1 aliphatic rings. The third-order valence-corrected chi connectivity index (χ3v) is 6.11. The summed E-state index contributed by atoms with van der Waals surface area (Å²) in [7, 11) is -2.89. The number of para-hydroxylation sites is 1. The Morgan fingerprint density at radius 1 is 1.26 bits per heavy atom. The summed E-state index contributed by atoms with van der Waals surface area (Å²) in [5.74, 6) is 0.411. The van der Waals surface area contributed by atoms with Crippen molar-refractivity contribution in [2.45, 2.75) is 45.2 Å². The van der Waals surface area contributed by atoms with Crippen molar-refractivity contribution in [3.05, 3.63) is 30.3 Å². The van der Waals surface area contributed by atoms with Crippen LogP contribution in [0.25, 0.3) is 0 Å². The number of sulfone groups is 1. The first kappa shape index (κ1) is 17.9. The van der Waals surface area contributed by atoms with Gasteiger partial charge in [-0.15, -0.1) is 0 Å². The van der Waals surface area contributed by atoms with E-state index in [4.69, 9.17) is 0 Å². The second-order valence-electron chi connectivity index (χ2n) is 6.15. The van der Waals surface area contributed by atoms with E-state index in [1.165, 1.54) is 0 Å². The zero-order chi connectivity index (χ0) is 16.9. The molecule has 6 heteroatoms. The maximum Gasteiger partial charge on any atom is 0.241 e. The van der Waals surface area contributed by atoms with Gasteiger partial charge in [0.2, 0.25) is 5.91 Å². The zero-order valence-corrected chi connectivity index (χ0v) is 14.7. The van der Waals surface area contributed by atoms with Crippen molar-refractivity contribution in [2.24, 2.45) is 0 Å². The van der Waals surface area contributed by atoms with Crippen LogP contribution < -0.4 is 5.32 Å². The molecular weight excluding hydrogens is 312 g/mol. The van der Waals surface area contributed by atoms with Crippen LogP contribution in [0.2, 0.25) is 0 Å². The van der Waals surface area contributed by atoms with Crippen LogP contribution >= 0.6 is 0 Å². The Bertz CT molecular complexity index is 602. The number of amides is 1. The lowest BCUT2D eigenvalue weighted by Gasteiger charge is -2.37. The quantitative estimate of drug-likeness (QED) is 0.864. The molecule has 5 nitrogen and oxygen atoms in total. The highest BCUT2D eigenvalue weighted by molar-refractivity contribution is 7.91. The first-order valence-electron chi connectivity index (χ1n) is 8.25. The van der Waals surface area contributed by atoms with Crippen LogP contribution in [0, 0.1) is 0 Å². The normalized spacial score (nSPS) is 19.4. The summed E-state index contributed by atoms with van der Waals surface area (Å²) in [6, 6.07) is 9.29. The minimum atomic E-state index is -2.89. The molecule has 1 N–H and O–H groups in total. The predicted molar refractivity (Wildman–Crippen MR) is 93.2 cm³/mol. The van der Waals surface area contributed by atoms with E-state index in [9.17, 15) is 13.2 Å². The molecule has 1 aromatic carbocycles. The van der Waals surface area contributed by atoms with Crippen LogP contribution in [-0.2, 0) is 14.6 Å². The Morgan fingerprint density at radius 2 is 1.87 bits per heavy atom. The lowest BCUT2D eigenvalue weighted by Crippen LogP contribution is -2.50. The molecule has 0 radical (unpaired) electrons. The molecule has 1 aromatic rings. The SMILES string of the molecule is CCCN(C1CCS(=O)(=O)CC1)[C@@H](C)C(=O)Nc1ccccc1. The maximum absolute atomic E-state index is 12.5. The van der Waals surface area contributed by atoms with E-state index >= 15 is 0 Å². The lowest BCUT2D eigenvalue weighted by molar-refractivity contribution is -0.121. The number of carbonyl (C=O) groups excluding carboxylic acids is 1. The number of hydrogen-bond donors (Lipinski definition) is 1. The maximum atomic E-state index is 12.5. The molecule has 0 unspecified atom stereocenters. The summed E-state index contributed by atoms with van der Waals surface area (Å²) in [4.78, 5) is 14.7. The number of benzene rings is 1. The molecule has 1 aliphatic heterocycles. The Morgan fingerprint density at radius 3 is 2.43 bits per heavy atom. The van der Waals surface area contributed by atoms with E-state index in [0.717, 1.165) is 18.7 Å². The van der Waals surface area contributed by atoms with Crippen molar-refractivity contribution in [1.29, 1.82) is 0 Å². The zero-order valence-electron chi connectivity index (χ0n) is 13.9. The van der Waals surface area contributed by atoms with Gasteiger partial charge in [-0.3, -0.25) is 9.69 Å². The Labute approximate surface area is 139 Å². The number of rotatable bonds is 6. The van der Waals surface area contributed by atoms with Crippen molar-refractivity contribution in [3.8, 4) is 0 Å². The van der Waals surface area contributed by atoms with Crippen molar-refractivity contribution < 1.29 is 13.2 Å². The standard InChI is InChI=1S/C17H26N2O3S/c1-3-11-19(16-9-12-23(21,22)13-10-16)14(2)17(20)18-15-7-5-4-6-8-15/h4-8,14,16H,3,9-13H2,1-2H3,(H,18,20)/t14-/m0/s1. The summed E-state index contributed by atoms with van der Waals surface area (Å²) in [5, 5.41) is 2.94. The molecule has 0 spiro atoms. The van der Waals surface area contributed by atoms with Crippen molar-refractivity contribution in [3.63, 3.8) is 0 Å². The number of hydrogen-bond acceptors (Lipinski definition) is 4. The van der Waals surface area contributed by atoms with Gasteiger partial charge >= 0.3 is 0 Å². The highest BCUT2D eigenvalue weighted by atomic mass is 32.2. The fraction of sp³-hybridized carbons (Fsp3) is 0.588. The summed E-state index contributed by atoms with van der Waals surface area (Å²) in [6.07, 6.45) is 2.17. The fourth-order valence-electron chi connectivity index (χ4n) is 3.08. The van der Waals surface area contributed by atoms with Gasteiger partial charge < -0.3 is 5.32 Å². The van der Waals surface area contributed by atoms with Gasteiger partial charge in [-0.1, -0.05) is 25.1 Å². The highest BCUT2D eigenvalue weighted by Crippen LogP contribution is 2.21. The topological polar surface area (TPSA) is 66.5 Å². The highest BCUT2D eigenvalue weighted by Gasteiger charge is 2.32. The van der Waals surface area contributed by atoms with Gasteiger partial charge in [0.1, 0.15) is 9.84 Å². The van der Waals surface area contributed by atoms with Gasteiger partial charge in [-0.25, -0.2) is 8.42 Å². The largest absolute Gasteiger partial charge is 0.325 e. The molecule has 0 aromatic heterocycles. The first-order chi connectivity index (χ1) is 10.9. The van der Waals surface area contributed by atoms with Gasteiger partial charge in [-0.05, 0) is 44.9 Å². The second-order valence-corrected chi connectivity index (χ2v) is 8.46. The molecule has 0 aliphatic carbocycles. The minimum absolute atomic E-state index is 0.0434. The van der Waals surface area contributed by atoms with Gasteiger partial charge in [0.15, 0.2) is 0 Å². The third kappa shape index (κ3) is 5.04. The summed E-state index contributed by atoms with van der Waals surface area (Å²) in [6.45, 7) is 4.78. The second kappa shape index (κ2) is 7.93. The molecule has 1 heterocycles. The van der Waals surface area contributed by atoms with Gasteiger partial charge in [0.05, 0.1) is 17.5 Å². The number of carbonyl (C=O) groups is 1. The lowest BCUT2D eigenvalue weighted by atomic mass is 10.1. The number of anilines is 1. The van der Waals surface area contributed by atoms with E-state index in [1.807, 2.05) is 37.3 Å². The molecular formula is C17H26N2O3S. The van der Waals surface area contributed by atoms with Crippen LogP contribution in [0.5, 0.6) is 0 Å². The Balaban J connectivity index is 2.03. The van der Waals surface area contributed by atoms with Gasteiger partial charge in [-0.2, -0.15) is 0 Å². The van der Waals surface area contributed by atoms with E-state index in [-0.39, 0.29) is 29.5 Å². The van der Waals surface area contributed by atoms with Crippen LogP contribution in [0.3, 0.4) is 0 Å². The number of nitrogens with zero attached hydrogens (tertiary/aromatic N) is 1. The average Bonchev–Trinajstić information content (AvgIpc) is 2.53. The van der Waals surface area contributed by atoms with Crippen molar-refractivity contribution in [2.75, 3.05) is 23.4 Å². The fourth-order valence-corrected chi connectivity index (χ4v) is 4.55. The minimum Gasteiger partial charge on any atom is -0.325 e. The molecule has 1 saturated heterocycles. The monoisotopic (exact) mass is 338 g/mol. The van der Waals surface area contributed by atoms with E-state index in [1.54, 1.807) is 0 Å². The summed E-state index contributed by atoms with van der Waals surface area (Å²) in [5.41, 5.74) is 0.784. The molecule has 0 bridgehead atoms. The molecule has 1 atom stereocenters. The van der Waals surface area contributed by atoms with Crippen molar-refractivity contribution in [1.82, 2.24) is 4.90 Å². The number of nitrogens with one attached hydrogen (secondary N) is 1. The molecule has 128 valence electrons. The van der Waals surface area contributed by atoms with Crippen LogP contribution in [0.4, 0.5) is 5.69 Å². The predicted octanol–water partition coefficient (Wildman–Crippen LogP) is 2.30. The third-order valence-electron chi connectivity index (χ3n) is 4.39. The van der Waals surface area contributed by atoms with Crippen molar-refractivity contribution >= 4 is 21.4 Å². The smallest absolute Gasteiger partial charge is 0.241 e. The Kier molecular flexibility index (Phi) is 6.18. The molecule has 2 rings (SSSR count). The van der Waals surface area contributed by atoms with E-state index in [2.05, 4.69) is 17.1 Å². The van der Waals surface area contributed by atoms with E-state index in [0.29, 0.717) is 12.8 Å². The van der Waals surface area contributed by atoms with E-state index < -0.39 is 9.84 Å². The first-order valence-corrected chi connectivity index (χ1v) is 10.1.